The van der Waals surface area contributed by atoms with Gasteiger partial charge in [0, 0.05) is 19.5 Å². The van der Waals surface area contributed by atoms with Gasteiger partial charge in [-0.25, -0.2) is 0 Å². The van der Waals surface area contributed by atoms with Gasteiger partial charge in [-0.2, -0.15) is 0 Å². The van der Waals surface area contributed by atoms with Crippen molar-refractivity contribution in [3.05, 3.63) is 0 Å². The van der Waals surface area contributed by atoms with Crippen molar-refractivity contribution in [3.8, 4) is 0 Å². The molecule has 0 aromatic carbocycles. The predicted octanol–water partition coefficient (Wildman–Crippen LogP) is 2.53. The lowest BCUT2D eigenvalue weighted by Gasteiger charge is -2.23. The molecule has 2 rings (SSSR count). The van der Waals surface area contributed by atoms with Gasteiger partial charge >= 0.3 is 5.97 Å². The van der Waals surface area contributed by atoms with E-state index in [1.807, 2.05) is 4.90 Å². The van der Waals surface area contributed by atoms with Crippen LogP contribution < -0.4 is 0 Å². The zero-order valence-corrected chi connectivity index (χ0v) is 12.0. The van der Waals surface area contributed by atoms with Crippen LogP contribution in [0.4, 0.5) is 0 Å². The lowest BCUT2D eigenvalue weighted by molar-refractivity contribution is -0.149. The van der Waals surface area contributed by atoms with Gasteiger partial charge in [-0.05, 0) is 24.7 Å². The number of amides is 1. The minimum atomic E-state index is -0.702. The summed E-state index contributed by atoms with van der Waals surface area (Å²) < 4.78 is 0. The number of aliphatic carboxylic acids is 1. The number of likely N-dealkylation sites (tertiary alicyclic amines) is 1. The smallest absolute Gasteiger partial charge is 0.311 e. The first kappa shape index (κ1) is 14.4. The summed E-state index contributed by atoms with van der Waals surface area (Å²) in [6.45, 7) is 5.32. The lowest BCUT2D eigenvalue weighted by Crippen LogP contribution is -2.37. The van der Waals surface area contributed by atoms with Gasteiger partial charge in [0.15, 0.2) is 0 Å². The molecule has 4 heteroatoms. The summed E-state index contributed by atoms with van der Waals surface area (Å²) in [6.07, 6.45) is 5.41. The molecular weight excluding hydrogens is 242 g/mol. The Morgan fingerprint density at radius 2 is 2.21 bits per heavy atom. The molecule has 1 heterocycles. The average Bonchev–Trinajstić information content (AvgIpc) is 2.85. The van der Waals surface area contributed by atoms with E-state index in [2.05, 4.69) is 13.8 Å². The van der Waals surface area contributed by atoms with Crippen LogP contribution in [0.2, 0.25) is 0 Å². The van der Waals surface area contributed by atoms with Crippen molar-refractivity contribution in [2.45, 2.75) is 52.4 Å². The van der Waals surface area contributed by atoms with Gasteiger partial charge in [0.05, 0.1) is 5.41 Å². The first-order valence-corrected chi connectivity index (χ1v) is 7.50. The maximum Gasteiger partial charge on any atom is 0.311 e. The number of fused-ring (bicyclic) bond motifs is 1. The maximum absolute atomic E-state index is 12.3. The van der Waals surface area contributed by atoms with E-state index in [0.717, 1.165) is 32.1 Å². The van der Waals surface area contributed by atoms with Crippen LogP contribution in [0.5, 0.6) is 0 Å². The van der Waals surface area contributed by atoms with Crippen molar-refractivity contribution in [1.82, 2.24) is 4.90 Å². The first-order valence-electron chi connectivity index (χ1n) is 7.50. The number of hydrogen-bond acceptors (Lipinski definition) is 2. The summed E-state index contributed by atoms with van der Waals surface area (Å²) in [5.41, 5.74) is -0.635. The number of carboxylic acids is 1. The van der Waals surface area contributed by atoms with E-state index >= 15 is 0 Å². The molecule has 0 radical (unpaired) electrons. The molecule has 2 fully saturated rings. The van der Waals surface area contributed by atoms with Gasteiger partial charge in [-0.3, -0.25) is 9.59 Å². The Bertz CT molecular complexity index is 368. The second-order valence-electron chi connectivity index (χ2n) is 6.42. The van der Waals surface area contributed by atoms with Gasteiger partial charge in [0.2, 0.25) is 5.91 Å². The summed E-state index contributed by atoms with van der Waals surface area (Å²) in [7, 11) is 0. The van der Waals surface area contributed by atoms with E-state index in [0.29, 0.717) is 25.4 Å². The fraction of sp³-hybridized carbons (Fsp3) is 0.867. The van der Waals surface area contributed by atoms with Crippen LogP contribution in [-0.2, 0) is 9.59 Å². The van der Waals surface area contributed by atoms with E-state index in [9.17, 15) is 14.7 Å². The normalized spacial score (nSPS) is 31.3. The topological polar surface area (TPSA) is 57.6 Å². The summed E-state index contributed by atoms with van der Waals surface area (Å²) in [5.74, 6) is 0.0250. The molecule has 1 N–H and O–H groups in total. The van der Waals surface area contributed by atoms with Crippen molar-refractivity contribution >= 4 is 11.9 Å². The standard InChI is InChI=1S/C15H25NO3/c1-3-5-11(2)8-13(17)16-9-12-6-4-7-15(12,10-16)14(18)19/h11-12H,3-10H2,1-2H3,(H,18,19)/t11?,12-,15+/m0/s1. The third-order valence-electron chi connectivity index (χ3n) is 4.95. The number of carboxylic acid groups (broad SMARTS) is 1. The van der Waals surface area contributed by atoms with Gasteiger partial charge in [-0.15, -0.1) is 0 Å². The number of hydrogen-bond donors (Lipinski definition) is 1. The molecule has 108 valence electrons. The molecule has 1 saturated carbocycles. The predicted molar refractivity (Wildman–Crippen MR) is 72.7 cm³/mol. The molecule has 1 aliphatic heterocycles. The molecule has 3 atom stereocenters. The highest BCUT2D eigenvalue weighted by Crippen LogP contribution is 2.49. The number of rotatable bonds is 5. The highest BCUT2D eigenvalue weighted by Gasteiger charge is 2.55. The van der Waals surface area contributed by atoms with Crippen LogP contribution in [0.15, 0.2) is 0 Å². The van der Waals surface area contributed by atoms with Crippen LogP contribution in [0, 0.1) is 17.3 Å². The van der Waals surface area contributed by atoms with Crippen LogP contribution in [0.1, 0.15) is 52.4 Å². The molecule has 0 aromatic rings. The van der Waals surface area contributed by atoms with Gasteiger partial charge < -0.3 is 10.0 Å². The molecule has 4 nitrogen and oxygen atoms in total. The zero-order valence-electron chi connectivity index (χ0n) is 12.0. The van der Waals surface area contributed by atoms with E-state index in [1.165, 1.54) is 0 Å². The highest BCUT2D eigenvalue weighted by molar-refractivity contribution is 5.81. The van der Waals surface area contributed by atoms with E-state index < -0.39 is 11.4 Å². The van der Waals surface area contributed by atoms with Crippen molar-refractivity contribution in [3.63, 3.8) is 0 Å². The fourth-order valence-electron chi connectivity index (χ4n) is 3.85. The number of carbonyl (C=O) groups is 2. The Morgan fingerprint density at radius 1 is 1.47 bits per heavy atom. The molecule has 1 saturated heterocycles. The van der Waals surface area contributed by atoms with E-state index in [4.69, 9.17) is 0 Å². The van der Waals surface area contributed by atoms with Crippen LogP contribution >= 0.6 is 0 Å². The molecule has 0 aromatic heterocycles. The second-order valence-corrected chi connectivity index (χ2v) is 6.42. The molecule has 0 bridgehead atoms. The van der Waals surface area contributed by atoms with Gasteiger partial charge in [0.25, 0.3) is 0 Å². The molecular formula is C15H25NO3. The molecule has 1 aliphatic carbocycles. The molecule has 19 heavy (non-hydrogen) atoms. The Morgan fingerprint density at radius 3 is 2.79 bits per heavy atom. The Labute approximate surface area is 115 Å². The van der Waals surface area contributed by atoms with Crippen LogP contribution in [0.3, 0.4) is 0 Å². The number of carbonyl (C=O) groups excluding carboxylic acids is 1. The van der Waals surface area contributed by atoms with E-state index in [-0.39, 0.29) is 11.8 Å². The summed E-state index contributed by atoms with van der Waals surface area (Å²) in [6, 6.07) is 0. The fourth-order valence-corrected chi connectivity index (χ4v) is 3.85. The minimum Gasteiger partial charge on any atom is -0.481 e. The highest BCUT2D eigenvalue weighted by atomic mass is 16.4. The summed E-state index contributed by atoms with van der Waals surface area (Å²) in [5, 5.41) is 9.50. The summed E-state index contributed by atoms with van der Waals surface area (Å²) in [4.78, 5) is 25.6. The first-order chi connectivity index (χ1) is 8.99. The maximum atomic E-state index is 12.3. The Hall–Kier alpha value is -1.06. The van der Waals surface area contributed by atoms with Crippen molar-refractivity contribution < 1.29 is 14.7 Å². The third-order valence-corrected chi connectivity index (χ3v) is 4.95. The monoisotopic (exact) mass is 267 g/mol. The Kier molecular flexibility index (Phi) is 4.16. The second kappa shape index (κ2) is 5.51. The van der Waals surface area contributed by atoms with Gasteiger partial charge in [-0.1, -0.05) is 33.1 Å². The van der Waals surface area contributed by atoms with Crippen molar-refractivity contribution in [2.24, 2.45) is 17.3 Å². The minimum absolute atomic E-state index is 0.149. The third kappa shape index (κ3) is 2.63. The quantitative estimate of drug-likeness (QED) is 0.832. The van der Waals surface area contributed by atoms with Crippen LogP contribution in [-0.4, -0.2) is 35.0 Å². The lowest BCUT2D eigenvalue weighted by atomic mass is 9.81. The van der Waals surface area contributed by atoms with Crippen molar-refractivity contribution in [1.29, 1.82) is 0 Å². The Balaban J connectivity index is 1.98. The molecule has 0 spiro atoms. The summed E-state index contributed by atoms with van der Waals surface area (Å²) >= 11 is 0. The van der Waals surface area contributed by atoms with E-state index in [1.54, 1.807) is 0 Å². The van der Waals surface area contributed by atoms with Gasteiger partial charge in [0.1, 0.15) is 0 Å². The average molecular weight is 267 g/mol. The largest absolute Gasteiger partial charge is 0.481 e. The van der Waals surface area contributed by atoms with Crippen molar-refractivity contribution in [2.75, 3.05) is 13.1 Å². The molecule has 1 amide bonds. The molecule has 2 aliphatic rings. The SMILES string of the molecule is CCCC(C)CC(=O)N1C[C@@H]2CCC[C@@]2(C(=O)O)C1. The van der Waals surface area contributed by atoms with Crippen LogP contribution in [0.25, 0.3) is 0 Å². The molecule has 1 unspecified atom stereocenters. The zero-order chi connectivity index (χ0) is 14.0. The number of nitrogens with zero attached hydrogens (tertiary/aromatic N) is 1.